The topological polar surface area (TPSA) is 42.0 Å². The molecule has 3 aromatic rings. The van der Waals surface area contributed by atoms with Crippen LogP contribution in [0.4, 0.5) is 5.69 Å². The van der Waals surface area contributed by atoms with E-state index in [4.69, 9.17) is 11.6 Å². The first-order chi connectivity index (χ1) is 10.6. The van der Waals surface area contributed by atoms with Gasteiger partial charge in [0.25, 0.3) is 0 Å². The van der Waals surface area contributed by atoms with Crippen LogP contribution in [0.2, 0.25) is 5.02 Å². The summed E-state index contributed by atoms with van der Waals surface area (Å²) in [7, 11) is 0. The number of benzene rings is 2. The average Bonchev–Trinajstić information content (AvgIpc) is 2.93. The molecule has 0 radical (unpaired) electrons. The van der Waals surface area contributed by atoms with Crippen molar-refractivity contribution in [3.05, 3.63) is 58.1 Å². The molecule has 0 unspecified atom stereocenters. The van der Waals surface area contributed by atoms with Crippen LogP contribution in [0.1, 0.15) is 17.0 Å². The van der Waals surface area contributed by atoms with Crippen molar-refractivity contribution in [1.29, 1.82) is 0 Å². The Balaban J connectivity index is 1.63. The summed E-state index contributed by atoms with van der Waals surface area (Å²) in [5.74, 6) is -0.0235. The number of hydrogen-bond donors (Lipinski definition) is 1. The van der Waals surface area contributed by atoms with E-state index in [1.807, 2.05) is 49.4 Å². The van der Waals surface area contributed by atoms with Crippen LogP contribution in [0.25, 0.3) is 10.2 Å². The molecule has 0 aliphatic carbocycles. The van der Waals surface area contributed by atoms with E-state index in [2.05, 4.69) is 10.3 Å². The highest BCUT2D eigenvalue weighted by atomic mass is 35.5. The molecule has 22 heavy (non-hydrogen) atoms. The van der Waals surface area contributed by atoms with Crippen LogP contribution in [0.15, 0.2) is 42.5 Å². The van der Waals surface area contributed by atoms with E-state index in [9.17, 15) is 4.79 Å². The molecule has 1 aromatic heterocycles. The lowest BCUT2D eigenvalue weighted by atomic mass is 10.2. The summed E-state index contributed by atoms with van der Waals surface area (Å²) in [5.41, 5.74) is 2.65. The number of anilines is 1. The number of nitrogens with one attached hydrogen (secondary N) is 1. The quantitative estimate of drug-likeness (QED) is 0.744. The van der Waals surface area contributed by atoms with Crippen molar-refractivity contribution in [1.82, 2.24) is 4.98 Å². The van der Waals surface area contributed by atoms with E-state index in [1.54, 1.807) is 11.3 Å². The summed E-state index contributed by atoms with van der Waals surface area (Å²) in [4.78, 5) is 16.6. The van der Waals surface area contributed by atoms with Gasteiger partial charge in [-0.25, -0.2) is 4.98 Å². The molecule has 0 saturated heterocycles. The van der Waals surface area contributed by atoms with Crippen LogP contribution in [0, 0.1) is 6.92 Å². The number of fused-ring (bicyclic) bond motifs is 1. The number of hydrogen-bond acceptors (Lipinski definition) is 3. The lowest BCUT2D eigenvalue weighted by molar-refractivity contribution is -0.116. The number of amides is 1. The second kappa shape index (κ2) is 6.46. The number of carbonyl (C=O) groups excluding carboxylic acids is 1. The Morgan fingerprint density at radius 2 is 2.05 bits per heavy atom. The molecule has 1 N–H and O–H groups in total. The third kappa shape index (κ3) is 3.29. The smallest absolute Gasteiger partial charge is 0.224 e. The molecule has 0 aliphatic heterocycles. The standard InChI is InChI=1S/C17H15ClN2OS/c1-11-12(18)5-4-7-13(11)19-16(21)9-10-17-20-14-6-2-3-8-15(14)22-17/h2-8H,9-10H2,1H3,(H,19,21). The molecule has 0 bridgehead atoms. The van der Waals surface area contributed by atoms with Gasteiger partial charge in [-0.05, 0) is 36.8 Å². The number of thiazole rings is 1. The van der Waals surface area contributed by atoms with Crippen molar-refractivity contribution >= 4 is 44.7 Å². The maximum atomic E-state index is 12.1. The predicted octanol–water partition coefficient (Wildman–Crippen LogP) is 4.83. The number of aryl methyl sites for hydroxylation is 1. The fraction of sp³-hybridized carbons (Fsp3) is 0.176. The zero-order valence-electron chi connectivity index (χ0n) is 12.1. The summed E-state index contributed by atoms with van der Waals surface area (Å²) in [6, 6.07) is 13.5. The van der Waals surface area contributed by atoms with Crippen molar-refractivity contribution in [3.63, 3.8) is 0 Å². The molecule has 2 aromatic carbocycles. The first kappa shape index (κ1) is 15.0. The van der Waals surface area contributed by atoms with Crippen LogP contribution in [0.3, 0.4) is 0 Å². The molecule has 0 aliphatic rings. The normalized spacial score (nSPS) is 10.8. The van der Waals surface area contributed by atoms with Gasteiger partial charge in [0.1, 0.15) is 0 Å². The molecule has 5 heteroatoms. The van der Waals surface area contributed by atoms with Crippen LogP contribution in [-0.2, 0) is 11.2 Å². The number of carbonyl (C=O) groups is 1. The second-order valence-electron chi connectivity index (χ2n) is 5.04. The third-order valence-corrected chi connectivity index (χ3v) is 4.95. The summed E-state index contributed by atoms with van der Waals surface area (Å²) in [5, 5.41) is 4.55. The summed E-state index contributed by atoms with van der Waals surface area (Å²) >= 11 is 7.69. The summed E-state index contributed by atoms with van der Waals surface area (Å²) in [6.07, 6.45) is 1.05. The van der Waals surface area contributed by atoms with E-state index in [0.29, 0.717) is 17.9 Å². The van der Waals surface area contributed by atoms with Crippen LogP contribution in [-0.4, -0.2) is 10.9 Å². The Morgan fingerprint density at radius 1 is 1.23 bits per heavy atom. The van der Waals surface area contributed by atoms with E-state index < -0.39 is 0 Å². The van der Waals surface area contributed by atoms with E-state index in [-0.39, 0.29) is 5.91 Å². The predicted molar refractivity (Wildman–Crippen MR) is 92.8 cm³/mol. The van der Waals surface area contributed by atoms with Gasteiger partial charge in [0.05, 0.1) is 15.2 Å². The molecule has 0 fully saturated rings. The van der Waals surface area contributed by atoms with Gasteiger partial charge in [0.15, 0.2) is 0 Å². The van der Waals surface area contributed by atoms with Gasteiger partial charge in [-0.1, -0.05) is 29.8 Å². The molecule has 1 heterocycles. The lowest BCUT2D eigenvalue weighted by Crippen LogP contribution is -2.13. The number of aromatic nitrogens is 1. The molecule has 1 amide bonds. The van der Waals surface area contributed by atoms with Crippen LogP contribution in [0.5, 0.6) is 0 Å². The van der Waals surface area contributed by atoms with Crippen molar-refractivity contribution in [2.75, 3.05) is 5.32 Å². The largest absolute Gasteiger partial charge is 0.326 e. The zero-order chi connectivity index (χ0) is 15.5. The first-order valence-corrected chi connectivity index (χ1v) is 8.22. The van der Waals surface area contributed by atoms with Gasteiger partial charge in [-0.3, -0.25) is 4.79 Å². The molecular weight excluding hydrogens is 316 g/mol. The monoisotopic (exact) mass is 330 g/mol. The minimum absolute atomic E-state index is 0.0235. The Morgan fingerprint density at radius 3 is 2.86 bits per heavy atom. The minimum atomic E-state index is -0.0235. The average molecular weight is 331 g/mol. The lowest BCUT2D eigenvalue weighted by Gasteiger charge is -2.08. The highest BCUT2D eigenvalue weighted by molar-refractivity contribution is 7.18. The number of rotatable bonds is 4. The van der Waals surface area contributed by atoms with Gasteiger partial charge >= 0.3 is 0 Å². The van der Waals surface area contributed by atoms with Gasteiger partial charge < -0.3 is 5.32 Å². The number of nitrogens with zero attached hydrogens (tertiary/aromatic N) is 1. The number of para-hydroxylation sites is 1. The highest BCUT2D eigenvalue weighted by Gasteiger charge is 2.09. The highest BCUT2D eigenvalue weighted by Crippen LogP contribution is 2.24. The number of halogens is 1. The fourth-order valence-corrected chi connectivity index (χ4v) is 3.34. The SMILES string of the molecule is Cc1c(Cl)cccc1NC(=O)CCc1nc2ccccc2s1. The fourth-order valence-electron chi connectivity index (χ4n) is 2.20. The summed E-state index contributed by atoms with van der Waals surface area (Å²) < 4.78 is 1.16. The van der Waals surface area contributed by atoms with E-state index >= 15 is 0 Å². The zero-order valence-corrected chi connectivity index (χ0v) is 13.7. The van der Waals surface area contributed by atoms with Crippen LogP contribution >= 0.6 is 22.9 Å². The Kier molecular flexibility index (Phi) is 4.41. The van der Waals surface area contributed by atoms with E-state index in [0.717, 1.165) is 26.5 Å². The molecule has 0 saturated carbocycles. The van der Waals surface area contributed by atoms with Gasteiger partial charge in [0, 0.05) is 23.6 Å². The third-order valence-electron chi connectivity index (χ3n) is 3.45. The molecular formula is C17H15ClN2OS. The maximum absolute atomic E-state index is 12.1. The van der Waals surface area contributed by atoms with Gasteiger partial charge in [0.2, 0.25) is 5.91 Å². The molecule has 0 spiro atoms. The maximum Gasteiger partial charge on any atom is 0.224 e. The van der Waals surface area contributed by atoms with Crippen molar-refractivity contribution in [3.8, 4) is 0 Å². The minimum Gasteiger partial charge on any atom is -0.326 e. The summed E-state index contributed by atoms with van der Waals surface area (Å²) in [6.45, 7) is 1.89. The molecule has 3 rings (SSSR count). The van der Waals surface area contributed by atoms with Crippen LogP contribution < -0.4 is 5.32 Å². The molecule has 0 atom stereocenters. The Hall–Kier alpha value is -1.91. The molecule has 3 nitrogen and oxygen atoms in total. The second-order valence-corrected chi connectivity index (χ2v) is 6.56. The Bertz CT molecular complexity index is 795. The van der Waals surface area contributed by atoms with Gasteiger partial charge in [-0.2, -0.15) is 0 Å². The Labute approximate surface area is 138 Å². The van der Waals surface area contributed by atoms with Crippen molar-refractivity contribution in [2.45, 2.75) is 19.8 Å². The van der Waals surface area contributed by atoms with Gasteiger partial charge in [-0.15, -0.1) is 11.3 Å². The first-order valence-electron chi connectivity index (χ1n) is 7.03. The molecule has 112 valence electrons. The van der Waals surface area contributed by atoms with Crippen molar-refractivity contribution in [2.24, 2.45) is 0 Å². The van der Waals surface area contributed by atoms with Crippen molar-refractivity contribution < 1.29 is 4.79 Å². The van der Waals surface area contributed by atoms with E-state index in [1.165, 1.54) is 0 Å².